The summed E-state index contributed by atoms with van der Waals surface area (Å²) < 4.78 is 21.5. The second-order valence-corrected chi connectivity index (χ2v) is 15.7. The van der Waals surface area contributed by atoms with Gasteiger partial charge in [0.1, 0.15) is 23.7 Å². The summed E-state index contributed by atoms with van der Waals surface area (Å²) in [5.41, 5.74) is 1.79. The Hall–Kier alpha value is -5.79. The molecule has 3 saturated heterocycles. The quantitative estimate of drug-likeness (QED) is 0.321. The summed E-state index contributed by atoms with van der Waals surface area (Å²) in [5, 5.41) is 11.6. The number of imide groups is 2. The first-order valence-electron chi connectivity index (χ1n) is 19.6. The van der Waals surface area contributed by atoms with E-state index in [0.717, 1.165) is 49.2 Å². The number of aliphatic imine (C=N–C) groups is 1. The lowest BCUT2D eigenvalue weighted by atomic mass is 9.95. The van der Waals surface area contributed by atoms with Crippen LogP contribution in [0.4, 0.5) is 16.0 Å². The standard InChI is InChI=1S/C41H41ClFN9O6/c42-32-17-29(4-1-25(32)20-44)58-28-5-2-27(3-6-28)47-37(54)26-21-45-41(46-22-26)51-11-9-24(10-12-51)23-49-13-15-50(16-14-49)35-19-31-30(18-33(35)43)39(56)52(40(31)57)34-7-8-36(53)48-38(34)55/h1,4,17-19,21-22,24,28,34H,2-3,5-16,23H2,(H,48,53,55). The maximum absolute atomic E-state index is 15.4. The van der Waals surface area contributed by atoms with Crippen LogP contribution in [0.1, 0.15) is 88.0 Å². The second kappa shape index (κ2) is 16.6. The summed E-state index contributed by atoms with van der Waals surface area (Å²) >= 11 is 6.13. The van der Waals surface area contributed by atoms with Crippen LogP contribution in [0, 0.1) is 23.1 Å². The average molecular weight is 810 g/mol. The van der Waals surface area contributed by atoms with Gasteiger partial charge < -0.3 is 14.5 Å². The zero-order chi connectivity index (χ0) is 40.5. The maximum Gasteiger partial charge on any atom is 0.280 e. The van der Waals surface area contributed by atoms with E-state index in [1.54, 1.807) is 18.2 Å². The maximum atomic E-state index is 15.4. The van der Waals surface area contributed by atoms with E-state index >= 15 is 4.39 Å². The number of benzene rings is 2. The third-order valence-electron chi connectivity index (χ3n) is 11.7. The molecule has 5 amide bonds. The Morgan fingerprint density at radius 3 is 2.24 bits per heavy atom. The predicted molar refractivity (Wildman–Crippen MR) is 210 cm³/mol. The average Bonchev–Trinajstić information content (AvgIpc) is 3.46. The van der Waals surface area contributed by atoms with Crippen LogP contribution in [0.5, 0.6) is 5.75 Å². The normalized spacial score (nSPS) is 21.8. The van der Waals surface area contributed by atoms with E-state index in [1.807, 2.05) is 11.0 Å². The number of anilines is 2. The third-order valence-corrected chi connectivity index (χ3v) is 12.0. The highest BCUT2D eigenvalue weighted by Gasteiger charge is 2.45. The van der Waals surface area contributed by atoms with Gasteiger partial charge in [0.25, 0.3) is 17.7 Å². The number of nitriles is 1. The summed E-state index contributed by atoms with van der Waals surface area (Å²) in [6.07, 6.45) is 7.67. The minimum absolute atomic E-state index is 0.0110. The third kappa shape index (κ3) is 8.14. The molecule has 1 saturated carbocycles. The monoisotopic (exact) mass is 809 g/mol. The molecule has 1 atom stereocenters. The molecular weight excluding hydrogens is 769 g/mol. The van der Waals surface area contributed by atoms with Crippen LogP contribution in [0.3, 0.4) is 0 Å². The molecule has 1 unspecified atom stereocenters. The summed E-state index contributed by atoms with van der Waals surface area (Å²) in [5.74, 6) is -1.87. The molecule has 17 heteroatoms. The SMILES string of the molecule is N#Cc1ccc(OC2CCC(=NC(=O)c3cnc(N4CCC(CN5CCN(c6cc7c(cc6F)C(=O)N(C6CCC(=O)NC6=O)C7=O)CC5)CC4)nc3)CC2)cc1Cl. The van der Waals surface area contributed by atoms with Gasteiger partial charge >= 0.3 is 0 Å². The first-order chi connectivity index (χ1) is 28.0. The summed E-state index contributed by atoms with van der Waals surface area (Å²) in [6.45, 7) is 4.95. The molecule has 5 aliphatic rings. The van der Waals surface area contributed by atoms with Gasteiger partial charge in [0, 0.05) is 76.4 Å². The van der Waals surface area contributed by atoms with Gasteiger partial charge in [-0.15, -0.1) is 0 Å². The van der Waals surface area contributed by atoms with Crippen molar-refractivity contribution in [3.8, 4) is 11.8 Å². The van der Waals surface area contributed by atoms with Crippen molar-refractivity contribution < 1.29 is 33.1 Å². The molecule has 2 aromatic carbocycles. The smallest absolute Gasteiger partial charge is 0.280 e. The first kappa shape index (κ1) is 39.1. The van der Waals surface area contributed by atoms with Crippen LogP contribution in [0.2, 0.25) is 5.02 Å². The molecule has 300 valence electrons. The van der Waals surface area contributed by atoms with Crippen molar-refractivity contribution in [1.82, 2.24) is 25.1 Å². The zero-order valence-electron chi connectivity index (χ0n) is 31.7. The molecule has 0 radical (unpaired) electrons. The topological polar surface area (TPSA) is 182 Å². The van der Waals surface area contributed by atoms with E-state index in [0.29, 0.717) is 85.6 Å². The molecule has 4 aliphatic heterocycles. The molecule has 0 bridgehead atoms. The van der Waals surface area contributed by atoms with E-state index in [1.165, 1.54) is 18.5 Å². The van der Waals surface area contributed by atoms with Gasteiger partial charge in [0.15, 0.2) is 0 Å². The van der Waals surface area contributed by atoms with Gasteiger partial charge in [-0.05, 0) is 75.1 Å². The van der Waals surface area contributed by atoms with Gasteiger partial charge in [-0.2, -0.15) is 5.26 Å². The Morgan fingerprint density at radius 1 is 0.897 bits per heavy atom. The fraction of sp³-hybridized carbons (Fsp3) is 0.439. The van der Waals surface area contributed by atoms with Crippen LogP contribution in [0.25, 0.3) is 0 Å². The number of hydrogen-bond acceptors (Lipinski definition) is 12. The van der Waals surface area contributed by atoms with Crippen molar-refractivity contribution in [3.63, 3.8) is 0 Å². The number of aromatic nitrogens is 2. The molecule has 5 heterocycles. The van der Waals surface area contributed by atoms with Crippen LogP contribution < -0.4 is 19.9 Å². The van der Waals surface area contributed by atoms with Crippen LogP contribution in [-0.2, 0) is 9.59 Å². The highest BCUT2D eigenvalue weighted by Crippen LogP contribution is 2.34. The van der Waals surface area contributed by atoms with Crippen molar-refractivity contribution in [2.24, 2.45) is 10.9 Å². The van der Waals surface area contributed by atoms with Gasteiger partial charge in [0.2, 0.25) is 17.8 Å². The number of ether oxygens (including phenoxy) is 1. The largest absolute Gasteiger partial charge is 0.490 e. The Labute approximate surface area is 338 Å². The van der Waals surface area contributed by atoms with Crippen LogP contribution in [0.15, 0.2) is 47.7 Å². The number of nitrogens with zero attached hydrogens (tertiary/aromatic N) is 8. The number of piperidine rings is 2. The molecule has 1 aliphatic carbocycles. The predicted octanol–water partition coefficient (Wildman–Crippen LogP) is 4.18. The van der Waals surface area contributed by atoms with Gasteiger partial charge in [-0.3, -0.25) is 39.1 Å². The number of hydrogen-bond donors (Lipinski definition) is 1. The number of piperazine rings is 1. The Kier molecular flexibility index (Phi) is 11.2. The van der Waals surface area contributed by atoms with Crippen LogP contribution in [-0.4, -0.2) is 113 Å². The van der Waals surface area contributed by atoms with Crippen LogP contribution >= 0.6 is 11.6 Å². The molecule has 4 fully saturated rings. The van der Waals surface area contributed by atoms with E-state index in [9.17, 15) is 24.0 Å². The Balaban J connectivity index is 0.777. The molecule has 0 spiro atoms. The zero-order valence-corrected chi connectivity index (χ0v) is 32.4. The number of nitrogens with one attached hydrogen (secondary N) is 1. The molecule has 15 nitrogen and oxygen atoms in total. The van der Waals surface area contributed by atoms with Crippen molar-refractivity contribution in [1.29, 1.82) is 5.26 Å². The van der Waals surface area contributed by atoms with E-state index in [-0.39, 0.29) is 41.7 Å². The number of fused-ring (bicyclic) bond motifs is 1. The lowest BCUT2D eigenvalue weighted by Crippen LogP contribution is -2.54. The minimum Gasteiger partial charge on any atom is -0.490 e. The Morgan fingerprint density at radius 2 is 1.59 bits per heavy atom. The molecule has 1 N–H and O–H groups in total. The number of carbonyl (C=O) groups excluding carboxylic acids is 5. The van der Waals surface area contributed by atoms with Crippen molar-refractivity contribution in [2.45, 2.75) is 63.5 Å². The fourth-order valence-electron chi connectivity index (χ4n) is 8.38. The van der Waals surface area contributed by atoms with E-state index in [2.05, 4.69) is 30.1 Å². The van der Waals surface area contributed by atoms with Crippen molar-refractivity contribution >= 4 is 58.5 Å². The van der Waals surface area contributed by atoms with E-state index in [4.69, 9.17) is 21.6 Å². The lowest BCUT2D eigenvalue weighted by Gasteiger charge is -2.39. The summed E-state index contributed by atoms with van der Waals surface area (Å²) in [7, 11) is 0. The van der Waals surface area contributed by atoms with E-state index < -0.39 is 35.5 Å². The molecule has 58 heavy (non-hydrogen) atoms. The molecule has 1 aromatic heterocycles. The molecule has 3 aromatic rings. The number of rotatable bonds is 8. The minimum atomic E-state index is -1.11. The van der Waals surface area contributed by atoms with Gasteiger partial charge in [0.05, 0.1) is 39.1 Å². The first-order valence-corrected chi connectivity index (χ1v) is 20.0. The molecule has 8 rings (SSSR count). The number of halogens is 2. The van der Waals surface area contributed by atoms with Crippen molar-refractivity contribution in [2.75, 3.05) is 55.6 Å². The summed E-state index contributed by atoms with van der Waals surface area (Å²) in [4.78, 5) is 83.9. The van der Waals surface area contributed by atoms with Gasteiger partial charge in [-0.25, -0.2) is 19.4 Å². The number of carbonyl (C=O) groups is 5. The van der Waals surface area contributed by atoms with Crippen molar-refractivity contribution in [3.05, 3.63) is 75.8 Å². The summed E-state index contributed by atoms with van der Waals surface area (Å²) in [6, 6.07) is 8.45. The second-order valence-electron chi connectivity index (χ2n) is 15.3. The Bertz CT molecular complexity index is 2220. The lowest BCUT2D eigenvalue weighted by molar-refractivity contribution is -0.136. The fourth-order valence-corrected chi connectivity index (χ4v) is 8.60. The highest BCUT2D eigenvalue weighted by atomic mass is 35.5. The van der Waals surface area contributed by atoms with Gasteiger partial charge in [-0.1, -0.05) is 11.6 Å². The highest BCUT2D eigenvalue weighted by molar-refractivity contribution is 6.31. The number of amides is 5. The molecular formula is C41H41ClFN9O6.